The van der Waals surface area contributed by atoms with Crippen molar-refractivity contribution in [2.45, 2.75) is 10.6 Å². The number of halogens is 3. The summed E-state index contributed by atoms with van der Waals surface area (Å²) in [4.78, 5) is 1.01. The molecule has 0 fully saturated rings. The van der Waals surface area contributed by atoms with Crippen LogP contribution in [0, 0.1) is 5.82 Å². The average Bonchev–Trinajstić information content (AvgIpc) is 2.31. The molecule has 0 saturated carbocycles. The first-order valence-electron chi connectivity index (χ1n) is 4.98. The van der Waals surface area contributed by atoms with E-state index in [1.54, 1.807) is 18.2 Å². The second-order valence-electron chi connectivity index (χ2n) is 3.46. The van der Waals surface area contributed by atoms with Gasteiger partial charge < -0.3 is 0 Å². The van der Waals surface area contributed by atoms with E-state index in [2.05, 4.69) is 0 Å². The van der Waals surface area contributed by atoms with E-state index in [0.29, 0.717) is 16.3 Å². The van der Waals surface area contributed by atoms with Gasteiger partial charge in [-0.25, -0.2) is 4.39 Å². The maximum absolute atomic E-state index is 13.6. The molecule has 2 aromatic carbocycles. The summed E-state index contributed by atoms with van der Waals surface area (Å²) in [6.45, 7) is 0. The molecule has 2 aromatic rings. The predicted octanol–water partition coefficient (Wildman–Crippen LogP) is 5.42. The molecular formula is C13H9Cl2FS. The number of hydrogen-bond donors (Lipinski definition) is 0. The SMILES string of the molecule is Fc1c(Cl)cccc1CSc1cccc(Cl)c1. The summed E-state index contributed by atoms with van der Waals surface area (Å²) in [7, 11) is 0. The van der Waals surface area contributed by atoms with Crippen molar-refractivity contribution in [1.82, 2.24) is 0 Å². The molecule has 0 spiro atoms. The van der Waals surface area contributed by atoms with Crippen molar-refractivity contribution in [3.63, 3.8) is 0 Å². The van der Waals surface area contributed by atoms with Gasteiger partial charge in [-0.15, -0.1) is 11.8 Å². The van der Waals surface area contributed by atoms with Crippen LogP contribution < -0.4 is 0 Å². The van der Waals surface area contributed by atoms with Crippen LogP contribution in [0.15, 0.2) is 47.4 Å². The van der Waals surface area contributed by atoms with Crippen LogP contribution >= 0.6 is 35.0 Å². The summed E-state index contributed by atoms with van der Waals surface area (Å²) >= 11 is 13.1. The summed E-state index contributed by atoms with van der Waals surface area (Å²) in [5.41, 5.74) is 0.600. The van der Waals surface area contributed by atoms with Crippen molar-refractivity contribution >= 4 is 35.0 Å². The molecular weight excluding hydrogens is 278 g/mol. The Morgan fingerprint density at radius 3 is 2.59 bits per heavy atom. The van der Waals surface area contributed by atoms with Crippen LogP contribution in [0.4, 0.5) is 4.39 Å². The van der Waals surface area contributed by atoms with Crippen molar-refractivity contribution in [2.75, 3.05) is 0 Å². The van der Waals surface area contributed by atoms with E-state index in [0.717, 1.165) is 4.90 Å². The Morgan fingerprint density at radius 1 is 1.06 bits per heavy atom. The third-order valence-corrected chi connectivity index (χ3v) is 3.79. The second-order valence-corrected chi connectivity index (χ2v) is 5.35. The van der Waals surface area contributed by atoms with Crippen LogP contribution in [0.5, 0.6) is 0 Å². The van der Waals surface area contributed by atoms with E-state index in [9.17, 15) is 4.39 Å². The standard InChI is InChI=1S/C13H9Cl2FS/c14-10-4-2-5-11(7-10)17-8-9-3-1-6-12(15)13(9)16/h1-7H,8H2. The largest absolute Gasteiger partial charge is 0.205 e. The Kier molecular flexibility index (Phi) is 4.32. The monoisotopic (exact) mass is 286 g/mol. The molecule has 0 amide bonds. The van der Waals surface area contributed by atoms with Gasteiger partial charge in [0.2, 0.25) is 0 Å². The highest BCUT2D eigenvalue weighted by Crippen LogP contribution is 2.28. The molecule has 0 atom stereocenters. The summed E-state index contributed by atoms with van der Waals surface area (Å²) < 4.78 is 13.6. The first-order valence-corrected chi connectivity index (χ1v) is 6.72. The fourth-order valence-electron chi connectivity index (χ4n) is 1.38. The Balaban J connectivity index is 2.10. The predicted molar refractivity (Wildman–Crippen MR) is 72.4 cm³/mol. The summed E-state index contributed by atoms with van der Waals surface area (Å²) in [6, 6.07) is 12.5. The molecule has 0 aliphatic rings. The Labute approximate surface area is 114 Å². The molecule has 4 heteroatoms. The van der Waals surface area contributed by atoms with E-state index in [1.807, 2.05) is 24.3 Å². The third-order valence-electron chi connectivity index (χ3n) is 2.22. The van der Waals surface area contributed by atoms with Gasteiger partial charge in [-0.3, -0.25) is 0 Å². The molecule has 0 nitrogen and oxygen atoms in total. The molecule has 17 heavy (non-hydrogen) atoms. The Hall–Kier alpha value is -0.700. The normalized spacial score (nSPS) is 10.5. The first-order chi connectivity index (χ1) is 8.16. The zero-order chi connectivity index (χ0) is 12.3. The van der Waals surface area contributed by atoms with Crippen molar-refractivity contribution in [2.24, 2.45) is 0 Å². The number of benzene rings is 2. The lowest BCUT2D eigenvalue weighted by molar-refractivity contribution is 0.618. The molecule has 0 aliphatic carbocycles. The van der Waals surface area contributed by atoms with Crippen LogP contribution in [0.25, 0.3) is 0 Å². The molecule has 0 saturated heterocycles. The number of thioether (sulfide) groups is 1. The van der Waals surface area contributed by atoms with Crippen molar-refractivity contribution in [3.05, 3.63) is 63.9 Å². The van der Waals surface area contributed by atoms with Gasteiger partial charge in [-0.2, -0.15) is 0 Å². The topological polar surface area (TPSA) is 0 Å². The third kappa shape index (κ3) is 3.38. The van der Waals surface area contributed by atoms with Crippen LogP contribution in [-0.4, -0.2) is 0 Å². The second kappa shape index (κ2) is 5.76. The molecule has 0 N–H and O–H groups in total. The molecule has 2 rings (SSSR count). The highest BCUT2D eigenvalue weighted by molar-refractivity contribution is 7.98. The van der Waals surface area contributed by atoms with Gasteiger partial charge in [0.15, 0.2) is 0 Å². The van der Waals surface area contributed by atoms with Crippen LogP contribution in [0.1, 0.15) is 5.56 Å². The van der Waals surface area contributed by atoms with Gasteiger partial charge in [-0.05, 0) is 29.8 Å². The lowest BCUT2D eigenvalue weighted by atomic mass is 10.2. The van der Waals surface area contributed by atoms with Crippen molar-refractivity contribution < 1.29 is 4.39 Å². The Bertz CT molecular complexity index is 529. The van der Waals surface area contributed by atoms with E-state index in [4.69, 9.17) is 23.2 Å². The lowest BCUT2D eigenvalue weighted by Gasteiger charge is -2.04. The summed E-state index contributed by atoms with van der Waals surface area (Å²) in [5, 5.41) is 0.843. The fraction of sp³-hybridized carbons (Fsp3) is 0.0769. The summed E-state index contributed by atoms with van der Waals surface area (Å²) in [6.07, 6.45) is 0. The molecule has 0 heterocycles. The maximum atomic E-state index is 13.6. The van der Waals surface area contributed by atoms with E-state index >= 15 is 0 Å². The average molecular weight is 287 g/mol. The fourth-order valence-corrected chi connectivity index (χ4v) is 2.76. The van der Waals surface area contributed by atoms with Gasteiger partial charge in [0, 0.05) is 15.7 Å². The quantitative estimate of drug-likeness (QED) is 0.679. The number of hydrogen-bond acceptors (Lipinski definition) is 1. The highest BCUT2D eigenvalue weighted by Gasteiger charge is 2.06. The van der Waals surface area contributed by atoms with Gasteiger partial charge in [0.05, 0.1) is 5.02 Å². The minimum atomic E-state index is -0.344. The smallest absolute Gasteiger partial charge is 0.145 e. The molecule has 0 unspecified atom stereocenters. The molecule has 0 bridgehead atoms. The summed E-state index contributed by atoms with van der Waals surface area (Å²) in [5.74, 6) is 0.191. The Morgan fingerprint density at radius 2 is 1.82 bits per heavy atom. The molecule has 0 aliphatic heterocycles. The van der Waals surface area contributed by atoms with Crippen LogP contribution in [0.3, 0.4) is 0 Å². The molecule has 88 valence electrons. The maximum Gasteiger partial charge on any atom is 0.145 e. The van der Waals surface area contributed by atoms with E-state index in [-0.39, 0.29) is 10.8 Å². The van der Waals surface area contributed by atoms with Crippen LogP contribution in [-0.2, 0) is 5.75 Å². The lowest BCUT2D eigenvalue weighted by Crippen LogP contribution is -1.88. The van der Waals surface area contributed by atoms with E-state index < -0.39 is 0 Å². The van der Waals surface area contributed by atoms with E-state index in [1.165, 1.54) is 11.8 Å². The molecule has 0 radical (unpaired) electrons. The zero-order valence-electron chi connectivity index (χ0n) is 8.79. The van der Waals surface area contributed by atoms with Gasteiger partial charge in [0.25, 0.3) is 0 Å². The highest BCUT2D eigenvalue weighted by atomic mass is 35.5. The van der Waals surface area contributed by atoms with Gasteiger partial charge >= 0.3 is 0 Å². The van der Waals surface area contributed by atoms with Gasteiger partial charge in [0.1, 0.15) is 5.82 Å². The molecule has 0 aromatic heterocycles. The first kappa shape index (κ1) is 12.7. The van der Waals surface area contributed by atoms with Crippen LogP contribution in [0.2, 0.25) is 10.0 Å². The minimum Gasteiger partial charge on any atom is -0.205 e. The van der Waals surface area contributed by atoms with Crippen molar-refractivity contribution in [3.8, 4) is 0 Å². The number of rotatable bonds is 3. The minimum absolute atomic E-state index is 0.161. The van der Waals surface area contributed by atoms with Crippen molar-refractivity contribution in [1.29, 1.82) is 0 Å². The van der Waals surface area contributed by atoms with Gasteiger partial charge in [-0.1, -0.05) is 41.4 Å². The zero-order valence-corrected chi connectivity index (χ0v) is 11.1.